The van der Waals surface area contributed by atoms with Crippen molar-refractivity contribution in [2.24, 2.45) is 0 Å². The molecule has 1 aliphatic rings. The van der Waals surface area contributed by atoms with E-state index >= 15 is 0 Å². The molecule has 0 aliphatic carbocycles. The predicted octanol–water partition coefficient (Wildman–Crippen LogP) is 2.56. The van der Waals surface area contributed by atoms with Gasteiger partial charge in [0.25, 0.3) is 5.91 Å². The monoisotopic (exact) mass is 362 g/mol. The first-order valence-corrected chi connectivity index (χ1v) is 8.14. The van der Waals surface area contributed by atoms with Crippen molar-refractivity contribution in [1.29, 1.82) is 0 Å². The Morgan fingerprint density at radius 1 is 1.28 bits per heavy atom. The van der Waals surface area contributed by atoms with Crippen molar-refractivity contribution in [2.75, 3.05) is 24.6 Å². The van der Waals surface area contributed by atoms with E-state index in [0.717, 1.165) is 5.56 Å². The van der Waals surface area contributed by atoms with E-state index in [-0.39, 0.29) is 30.8 Å². The van der Waals surface area contributed by atoms with Gasteiger partial charge < -0.3 is 10.1 Å². The van der Waals surface area contributed by atoms with Gasteiger partial charge in [0.2, 0.25) is 5.91 Å². The number of hydrogen-bond donors (Lipinski definition) is 1. The third-order valence-electron chi connectivity index (χ3n) is 3.79. The normalized spacial score (nSPS) is 13.2. The van der Waals surface area contributed by atoms with Gasteiger partial charge in [-0.05, 0) is 42.3 Å². The molecule has 1 N–H and O–H groups in total. The minimum absolute atomic E-state index is 0.120. The smallest absolute Gasteiger partial charge is 0.265 e. The molecule has 0 bridgehead atoms. The molecule has 25 heavy (non-hydrogen) atoms. The van der Waals surface area contributed by atoms with E-state index in [1.165, 1.54) is 17.0 Å². The van der Waals surface area contributed by atoms with Crippen LogP contribution >= 0.6 is 11.6 Å². The molecule has 1 heterocycles. The number of anilines is 1. The van der Waals surface area contributed by atoms with E-state index in [9.17, 15) is 14.0 Å². The van der Waals surface area contributed by atoms with Gasteiger partial charge in [0.15, 0.2) is 6.61 Å². The summed E-state index contributed by atoms with van der Waals surface area (Å²) in [5.74, 6) is -0.416. The molecule has 2 aromatic rings. The Morgan fingerprint density at radius 2 is 2.12 bits per heavy atom. The lowest BCUT2D eigenvalue weighted by molar-refractivity contribution is -0.125. The quantitative estimate of drug-likeness (QED) is 0.889. The van der Waals surface area contributed by atoms with Crippen LogP contribution in [-0.2, 0) is 16.0 Å². The highest BCUT2D eigenvalue weighted by Gasteiger charge is 2.27. The number of benzene rings is 2. The van der Waals surface area contributed by atoms with Crippen molar-refractivity contribution >= 4 is 29.1 Å². The summed E-state index contributed by atoms with van der Waals surface area (Å²) in [6.45, 7) is 0.104. The van der Waals surface area contributed by atoms with Gasteiger partial charge in [-0.2, -0.15) is 0 Å². The molecule has 0 aromatic heterocycles. The van der Waals surface area contributed by atoms with E-state index in [2.05, 4.69) is 5.32 Å². The maximum absolute atomic E-state index is 13.1. The number of amides is 2. The summed E-state index contributed by atoms with van der Waals surface area (Å²) in [6, 6.07) is 11.1. The fraction of sp³-hybridized carbons (Fsp3) is 0.222. The lowest BCUT2D eigenvalue weighted by atomic mass is 10.1. The Balaban J connectivity index is 1.59. The molecule has 2 aromatic carbocycles. The average molecular weight is 363 g/mol. The number of hydrogen-bond acceptors (Lipinski definition) is 3. The van der Waals surface area contributed by atoms with Gasteiger partial charge in [-0.15, -0.1) is 0 Å². The Morgan fingerprint density at radius 3 is 2.92 bits per heavy atom. The van der Waals surface area contributed by atoms with Crippen molar-refractivity contribution in [1.82, 2.24) is 5.32 Å². The fourth-order valence-corrected chi connectivity index (χ4v) is 2.75. The third-order valence-corrected chi connectivity index (χ3v) is 4.03. The van der Waals surface area contributed by atoms with E-state index in [1.807, 2.05) is 0 Å². The zero-order valence-electron chi connectivity index (χ0n) is 13.3. The van der Waals surface area contributed by atoms with Crippen LogP contribution in [-0.4, -0.2) is 31.5 Å². The van der Waals surface area contributed by atoms with E-state index in [0.29, 0.717) is 29.4 Å². The minimum atomic E-state index is -0.310. The van der Waals surface area contributed by atoms with Gasteiger partial charge in [0.1, 0.15) is 18.1 Å². The van der Waals surface area contributed by atoms with Crippen molar-refractivity contribution < 1.29 is 18.7 Å². The second kappa shape index (κ2) is 7.53. The highest BCUT2D eigenvalue weighted by atomic mass is 35.5. The molecule has 7 heteroatoms. The van der Waals surface area contributed by atoms with Crippen molar-refractivity contribution in [3.8, 4) is 5.75 Å². The highest BCUT2D eigenvalue weighted by Crippen LogP contribution is 2.34. The molecule has 130 valence electrons. The lowest BCUT2D eigenvalue weighted by Crippen LogP contribution is -2.45. The number of ether oxygens (including phenoxy) is 1. The number of rotatable bonds is 5. The summed E-state index contributed by atoms with van der Waals surface area (Å²) >= 11 is 5.97. The number of nitrogens with zero attached hydrogens (tertiary/aromatic N) is 1. The SMILES string of the molecule is O=C(CN1C(=O)COc2ccc(Cl)cc21)NCCc1cccc(F)c1. The van der Waals surface area contributed by atoms with Gasteiger partial charge in [0, 0.05) is 11.6 Å². The largest absolute Gasteiger partial charge is 0.482 e. The summed E-state index contributed by atoms with van der Waals surface area (Å²) in [5, 5.41) is 3.19. The van der Waals surface area contributed by atoms with Crippen LogP contribution in [0.4, 0.5) is 10.1 Å². The highest BCUT2D eigenvalue weighted by molar-refractivity contribution is 6.31. The number of carbonyl (C=O) groups is 2. The van der Waals surface area contributed by atoms with Gasteiger partial charge in [0.05, 0.1) is 5.69 Å². The molecular formula is C18H16ClFN2O3. The molecule has 0 atom stereocenters. The molecule has 0 radical (unpaired) electrons. The zero-order valence-corrected chi connectivity index (χ0v) is 14.1. The molecule has 0 fully saturated rings. The molecule has 5 nitrogen and oxygen atoms in total. The Hall–Kier alpha value is -2.60. The standard InChI is InChI=1S/C18H16ClFN2O3/c19-13-4-5-16-15(9-13)22(18(24)11-25-16)10-17(23)21-7-6-12-2-1-3-14(20)8-12/h1-5,8-9H,6-7,10-11H2,(H,21,23). The zero-order chi connectivity index (χ0) is 17.8. The van der Waals surface area contributed by atoms with Crippen molar-refractivity contribution in [3.05, 3.63) is 58.9 Å². The molecule has 1 aliphatic heterocycles. The molecule has 0 unspecified atom stereocenters. The first kappa shape index (κ1) is 17.2. The summed E-state index contributed by atoms with van der Waals surface area (Å²) in [6.07, 6.45) is 0.503. The maximum Gasteiger partial charge on any atom is 0.265 e. The van der Waals surface area contributed by atoms with Crippen LogP contribution in [0.1, 0.15) is 5.56 Å². The molecular weight excluding hydrogens is 347 g/mol. The van der Waals surface area contributed by atoms with E-state index in [4.69, 9.17) is 16.3 Å². The first-order chi connectivity index (χ1) is 12.0. The molecule has 3 rings (SSSR count). The number of carbonyl (C=O) groups excluding carboxylic acids is 2. The predicted molar refractivity (Wildman–Crippen MR) is 92.4 cm³/mol. The summed E-state index contributed by atoms with van der Waals surface area (Å²) in [7, 11) is 0. The number of nitrogens with one attached hydrogen (secondary N) is 1. The van der Waals surface area contributed by atoms with Crippen LogP contribution in [0.3, 0.4) is 0 Å². The van der Waals surface area contributed by atoms with Crippen LogP contribution in [0, 0.1) is 5.82 Å². The average Bonchev–Trinajstić information content (AvgIpc) is 2.58. The number of fused-ring (bicyclic) bond motifs is 1. The van der Waals surface area contributed by atoms with Crippen LogP contribution in [0.2, 0.25) is 5.02 Å². The fourth-order valence-electron chi connectivity index (χ4n) is 2.59. The van der Waals surface area contributed by atoms with Gasteiger partial charge in [-0.25, -0.2) is 4.39 Å². The van der Waals surface area contributed by atoms with Crippen LogP contribution < -0.4 is 15.0 Å². The second-order valence-corrected chi connectivity index (χ2v) is 6.05. The molecule has 0 spiro atoms. The van der Waals surface area contributed by atoms with Gasteiger partial charge in [-0.1, -0.05) is 23.7 Å². The van der Waals surface area contributed by atoms with Crippen LogP contribution in [0.15, 0.2) is 42.5 Å². The Bertz CT molecular complexity index is 813. The second-order valence-electron chi connectivity index (χ2n) is 5.61. The van der Waals surface area contributed by atoms with E-state index in [1.54, 1.807) is 30.3 Å². The first-order valence-electron chi connectivity index (χ1n) is 7.77. The van der Waals surface area contributed by atoms with Gasteiger partial charge >= 0.3 is 0 Å². The third kappa shape index (κ3) is 4.28. The molecule has 0 saturated heterocycles. The summed E-state index contributed by atoms with van der Waals surface area (Å²) in [5.41, 5.74) is 1.27. The van der Waals surface area contributed by atoms with Crippen LogP contribution in [0.5, 0.6) is 5.75 Å². The topological polar surface area (TPSA) is 58.6 Å². The summed E-state index contributed by atoms with van der Waals surface area (Å²) < 4.78 is 18.5. The Kier molecular flexibility index (Phi) is 5.19. The lowest BCUT2D eigenvalue weighted by Gasteiger charge is -2.29. The maximum atomic E-state index is 13.1. The Labute approximate surface area is 149 Å². The van der Waals surface area contributed by atoms with Crippen LogP contribution in [0.25, 0.3) is 0 Å². The molecule has 2 amide bonds. The van der Waals surface area contributed by atoms with Gasteiger partial charge in [-0.3, -0.25) is 14.5 Å². The molecule has 0 saturated carbocycles. The number of halogens is 2. The van der Waals surface area contributed by atoms with E-state index < -0.39 is 0 Å². The summed E-state index contributed by atoms with van der Waals surface area (Å²) in [4.78, 5) is 25.6. The van der Waals surface area contributed by atoms with Crippen molar-refractivity contribution in [2.45, 2.75) is 6.42 Å². The van der Waals surface area contributed by atoms with Crippen molar-refractivity contribution in [3.63, 3.8) is 0 Å². The minimum Gasteiger partial charge on any atom is -0.482 e.